The molecule has 0 saturated heterocycles. The van der Waals surface area contributed by atoms with Gasteiger partial charge in [-0.1, -0.05) is 0 Å². The van der Waals surface area contributed by atoms with Gasteiger partial charge in [0.25, 0.3) is 11.8 Å². The number of carbonyl (C=O) groups is 2. The maximum Gasteiger partial charge on any atom is 0.261 e. The lowest BCUT2D eigenvalue weighted by molar-refractivity contribution is 0.0655. The average Bonchev–Trinajstić information content (AvgIpc) is 2.54. The molecule has 1 aromatic carbocycles. The van der Waals surface area contributed by atoms with Crippen LogP contribution in [-0.4, -0.2) is 35.3 Å². The van der Waals surface area contributed by atoms with Gasteiger partial charge in [0.15, 0.2) is 0 Å². The molecule has 0 bridgehead atoms. The second kappa shape index (κ2) is 4.79. The lowest BCUT2D eigenvalue weighted by atomic mass is 10.1. The summed E-state index contributed by atoms with van der Waals surface area (Å²) in [4.78, 5) is 25.3. The van der Waals surface area contributed by atoms with E-state index in [0.29, 0.717) is 23.4 Å². The van der Waals surface area contributed by atoms with Crippen molar-refractivity contribution in [1.29, 1.82) is 0 Å². The molecule has 1 aromatic rings. The summed E-state index contributed by atoms with van der Waals surface area (Å²) in [5.74, 6) is 0.514. The molecule has 17 heavy (non-hydrogen) atoms. The summed E-state index contributed by atoms with van der Waals surface area (Å²) in [7, 11) is 0. The maximum atomic E-state index is 12.0. The largest absolute Gasteiger partial charge is 0.399 e. The molecule has 2 N–H and O–H groups in total. The van der Waals surface area contributed by atoms with E-state index < -0.39 is 0 Å². The number of carbonyl (C=O) groups excluding carboxylic acids is 2. The summed E-state index contributed by atoms with van der Waals surface area (Å²) in [5.41, 5.74) is 7.03. The highest BCUT2D eigenvalue weighted by atomic mass is 32.2. The molecule has 0 aliphatic carbocycles. The quantitative estimate of drug-likeness (QED) is 0.501. The third kappa shape index (κ3) is 2.15. The number of imide groups is 1. The van der Waals surface area contributed by atoms with E-state index in [0.717, 1.165) is 12.2 Å². The number of nitrogens with zero attached hydrogens (tertiary/aromatic N) is 1. The fourth-order valence-electron chi connectivity index (χ4n) is 1.88. The van der Waals surface area contributed by atoms with Crippen molar-refractivity contribution in [3.05, 3.63) is 29.3 Å². The molecular formula is C12H14N2O2S. The molecule has 0 atom stereocenters. The minimum atomic E-state index is -0.224. The number of rotatable bonds is 4. The molecule has 2 rings (SSSR count). The van der Waals surface area contributed by atoms with Gasteiger partial charge in [0.05, 0.1) is 11.1 Å². The van der Waals surface area contributed by atoms with Crippen LogP contribution in [0.25, 0.3) is 0 Å². The standard InChI is InChI=1S/C12H14N2O2S/c1-17-6-2-5-14-11(15)9-4-3-8(13)7-10(9)12(14)16/h3-4,7H,2,5-6,13H2,1H3. The normalized spacial score (nSPS) is 14.3. The van der Waals surface area contributed by atoms with Crippen LogP contribution < -0.4 is 5.73 Å². The zero-order valence-corrected chi connectivity index (χ0v) is 10.4. The van der Waals surface area contributed by atoms with Gasteiger partial charge in [-0.25, -0.2) is 0 Å². The molecule has 4 nitrogen and oxygen atoms in total. The number of hydrogen-bond acceptors (Lipinski definition) is 4. The van der Waals surface area contributed by atoms with Gasteiger partial charge in [0.1, 0.15) is 0 Å². The molecule has 0 unspecified atom stereocenters. The summed E-state index contributed by atoms with van der Waals surface area (Å²) >= 11 is 1.70. The summed E-state index contributed by atoms with van der Waals surface area (Å²) in [6.07, 6.45) is 2.82. The van der Waals surface area contributed by atoms with Crippen molar-refractivity contribution in [3.63, 3.8) is 0 Å². The molecule has 2 amide bonds. The Balaban J connectivity index is 2.20. The van der Waals surface area contributed by atoms with Crippen molar-refractivity contribution in [2.24, 2.45) is 0 Å². The van der Waals surface area contributed by atoms with Crippen LogP contribution in [0.15, 0.2) is 18.2 Å². The highest BCUT2D eigenvalue weighted by molar-refractivity contribution is 7.98. The van der Waals surface area contributed by atoms with Crippen LogP contribution in [0.1, 0.15) is 27.1 Å². The lowest BCUT2D eigenvalue weighted by Crippen LogP contribution is -2.30. The van der Waals surface area contributed by atoms with Gasteiger partial charge >= 0.3 is 0 Å². The average molecular weight is 250 g/mol. The molecular weight excluding hydrogens is 236 g/mol. The van der Waals surface area contributed by atoms with Crippen LogP contribution in [0.3, 0.4) is 0 Å². The number of amides is 2. The Kier molecular flexibility index (Phi) is 3.38. The Hall–Kier alpha value is -1.49. The Morgan fingerprint density at radius 3 is 2.65 bits per heavy atom. The second-order valence-electron chi connectivity index (χ2n) is 3.91. The Labute approximate surface area is 104 Å². The molecule has 1 heterocycles. The van der Waals surface area contributed by atoms with Crippen LogP contribution in [0.2, 0.25) is 0 Å². The van der Waals surface area contributed by atoms with Crippen LogP contribution in [0, 0.1) is 0 Å². The van der Waals surface area contributed by atoms with Crippen molar-refractivity contribution >= 4 is 29.3 Å². The molecule has 0 spiro atoms. The van der Waals surface area contributed by atoms with Crippen LogP contribution >= 0.6 is 11.8 Å². The summed E-state index contributed by atoms with van der Waals surface area (Å²) in [6, 6.07) is 4.85. The van der Waals surface area contributed by atoms with E-state index in [4.69, 9.17) is 5.73 Å². The van der Waals surface area contributed by atoms with E-state index in [9.17, 15) is 9.59 Å². The fourth-order valence-corrected chi connectivity index (χ4v) is 2.30. The zero-order valence-electron chi connectivity index (χ0n) is 9.60. The van der Waals surface area contributed by atoms with E-state index in [1.807, 2.05) is 6.26 Å². The first kappa shape index (κ1) is 12.0. The molecule has 0 radical (unpaired) electrons. The van der Waals surface area contributed by atoms with Crippen molar-refractivity contribution in [1.82, 2.24) is 4.90 Å². The number of nitrogens with two attached hydrogens (primary N) is 1. The van der Waals surface area contributed by atoms with E-state index in [1.165, 1.54) is 4.90 Å². The number of benzene rings is 1. The highest BCUT2D eigenvalue weighted by Crippen LogP contribution is 2.24. The second-order valence-corrected chi connectivity index (χ2v) is 4.90. The topological polar surface area (TPSA) is 63.4 Å². The zero-order chi connectivity index (χ0) is 12.4. The van der Waals surface area contributed by atoms with E-state index in [2.05, 4.69) is 0 Å². The first-order valence-corrected chi connectivity index (χ1v) is 6.79. The SMILES string of the molecule is CSCCCN1C(=O)c2ccc(N)cc2C1=O. The van der Waals surface area contributed by atoms with Crippen LogP contribution in [0.4, 0.5) is 5.69 Å². The molecule has 0 aromatic heterocycles. The third-order valence-corrected chi connectivity index (χ3v) is 3.42. The first-order chi connectivity index (χ1) is 8.15. The van der Waals surface area contributed by atoms with E-state index in [1.54, 1.807) is 30.0 Å². The lowest BCUT2D eigenvalue weighted by Gasteiger charge is -2.12. The minimum Gasteiger partial charge on any atom is -0.399 e. The Morgan fingerprint density at radius 1 is 1.24 bits per heavy atom. The van der Waals surface area contributed by atoms with Gasteiger partial charge in [-0.2, -0.15) is 11.8 Å². The van der Waals surface area contributed by atoms with Crippen LogP contribution in [0.5, 0.6) is 0 Å². The third-order valence-electron chi connectivity index (χ3n) is 2.72. The highest BCUT2D eigenvalue weighted by Gasteiger charge is 2.34. The Morgan fingerprint density at radius 2 is 1.94 bits per heavy atom. The summed E-state index contributed by atoms with van der Waals surface area (Å²) in [5, 5.41) is 0. The van der Waals surface area contributed by atoms with Gasteiger partial charge in [-0.05, 0) is 36.6 Å². The number of hydrogen-bond donors (Lipinski definition) is 1. The predicted octanol–water partition coefficient (Wildman–Crippen LogP) is 1.62. The van der Waals surface area contributed by atoms with Crippen LogP contribution in [-0.2, 0) is 0 Å². The maximum absolute atomic E-state index is 12.0. The van der Waals surface area contributed by atoms with Crippen molar-refractivity contribution in [2.45, 2.75) is 6.42 Å². The molecule has 1 aliphatic rings. The number of fused-ring (bicyclic) bond motifs is 1. The fraction of sp³-hybridized carbons (Fsp3) is 0.333. The van der Waals surface area contributed by atoms with Gasteiger partial charge in [-0.15, -0.1) is 0 Å². The minimum absolute atomic E-state index is 0.203. The monoisotopic (exact) mass is 250 g/mol. The number of nitrogen functional groups attached to an aromatic ring is 1. The van der Waals surface area contributed by atoms with E-state index in [-0.39, 0.29) is 11.8 Å². The predicted molar refractivity (Wildman–Crippen MR) is 69.2 cm³/mol. The first-order valence-electron chi connectivity index (χ1n) is 5.40. The van der Waals surface area contributed by atoms with Gasteiger partial charge in [0, 0.05) is 12.2 Å². The molecule has 0 saturated carbocycles. The van der Waals surface area contributed by atoms with Crippen molar-refractivity contribution in [2.75, 3.05) is 24.3 Å². The molecule has 90 valence electrons. The molecule has 0 fully saturated rings. The smallest absolute Gasteiger partial charge is 0.261 e. The van der Waals surface area contributed by atoms with E-state index >= 15 is 0 Å². The summed E-state index contributed by atoms with van der Waals surface area (Å²) < 4.78 is 0. The molecule has 5 heteroatoms. The number of anilines is 1. The van der Waals surface area contributed by atoms with Gasteiger partial charge in [-0.3, -0.25) is 14.5 Å². The molecule has 1 aliphatic heterocycles. The van der Waals surface area contributed by atoms with Crippen molar-refractivity contribution < 1.29 is 9.59 Å². The van der Waals surface area contributed by atoms with Gasteiger partial charge < -0.3 is 5.73 Å². The summed E-state index contributed by atoms with van der Waals surface area (Å²) in [6.45, 7) is 0.479. The number of thioether (sulfide) groups is 1. The van der Waals surface area contributed by atoms with Crippen molar-refractivity contribution in [3.8, 4) is 0 Å². The van der Waals surface area contributed by atoms with Gasteiger partial charge in [0.2, 0.25) is 0 Å². The Bertz CT molecular complexity index is 474.